The Morgan fingerprint density at radius 3 is 2.85 bits per heavy atom. The minimum absolute atomic E-state index is 0.0662. The smallest absolute Gasteiger partial charge is 0.0872 e. The highest BCUT2D eigenvalue weighted by molar-refractivity contribution is 6.31. The summed E-state index contributed by atoms with van der Waals surface area (Å²) in [5.41, 5.74) is 4.00. The molecule has 0 radical (unpaired) electrons. The molecule has 0 aromatic heterocycles. The number of nitrogens with one attached hydrogen (secondary N) is 1. The van der Waals surface area contributed by atoms with Crippen LogP contribution in [0.25, 0.3) is 0 Å². The van der Waals surface area contributed by atoms with Crippen molar-refractivity contribution in [2.75, 3.05) is 19.7 Å². The number of ether oxygens (including phenoxy) is 1. The zero-order valence-corrected chi connectivity index (χ0v) is 12.9. The molecule has 1 aromatic rings. The van der Waals surface area contributed by atoms with Crippen molar-refractivity contribution in [3.8, 4) is 0 Å². The minimum Gasteiger partial charge on any atom is -0.374 e. The van der Waals surface area contributed by atoms with Crippen molar-refractivity contribution in [1.29, 1.82) is 0 Å². The molecule has 1 saturated heterocycles. The summed E-state index contributed by atoms with van der Waals surface area (Å²) in [6.45, 7) is 7.06. The van der Waals surface area contributed by atoms with Crippen LogP contribution in [-0.4, -0.2) is 42.8 Å². The van der Waals surface area contributed by atoms with E-state index in [1.807, 2.05) is 24.3 Å². The largest absolute Gasteiger partial charge is 0.374 e. The van der Waals surface area contributed by atoms with Crippen LogP contribution in [0.1, 0.15) is 19.4 Å². The molecule has 0 bridgehead atoms. The molecule has 1 heterocycles. The van der Waals surface area contributed by atoms with E-state index < -0.39 is 0 Å². The van der Waals surface area contributed by atoms with E-state index in [0.29, 0.717) is 6.04 Å². The van der Waals surface area contributed by atoms with Crippen LogP contribution in [0.15, 0.2) is 24.3 Å². The van der Waals surface area contributed by atoms with Gasteiger partial charge in [0.05, 0.1) is 18.8 Å². The number of hydrogen-bond donors (Lipinski definition) is 2. The van der Waals surface area contributed by atoms with E-state index in [2.05, 4.69) is 24.2 Å². The minimum atomic E-state index is 0.0662. The van der Waals surface area contributed by atoms with Crippen molar-refractivity contribution in [2.45, 2.75) is 38.5 Å². The summed E-state index contributed by atoms with van der Waals surface area (Å²) in [5.74, 6) is 5.73. The molecule has 3 N–H and O–H groups in total. The lowest BCUT2D eigenvalue weighted by molar-refractivity contribution is -0.0552. The third-order valence-corrected chi connectivity index (χ3v) is 4.28. The van der Waals surface area contributed by atoms with Crippen LogP contribution in [0, 0.1) is 0 Å². The second-order valence-electron chi connectivity index (χ2n) is 5.57. The normalized spacial score (nSPS) is 22.1. The van der Waals surface area contributed by atoms with Gasteiger partial charge in [0.2, 0.25) is 0 Å². The van der Waals surface area contributed by atoms with Gasteiger partial charge in [-0.2, -0.15) is 0 Å². The summed E-state index contributed by atoms with van der Waals surface area (Å²) in [4.78, 5) is 2.42. The topological polar surface area (TPSA) is 50.5 Å². The predicted molar refractivity (Wildman–Crippen MR) is 82.7 cm³/mol. The maximum Gasteiger partial charge on any atom is 0.0872 e. The van der Waals surface area contributed by atoms with Crippen LogP contribution in [0.2, 0.25) is 5.02 Å². The van der Waals surface area contributed by atoms with Crippen LogP contribution in [0.5, 0.6) is 0 Å². The third-order valence-electron chi connectivity index (χ3n) is 3.92. The lowest BCUT2D eigenvalue weighted by Gasteiger charge is -2.38. The molecule has 1 aliphatic rings. The highest BCUT2D eigenvalue weighted by Crippen LogP contribution is 2.20. The van der Waals surface area contributed by atoms with E-state index in [4.69, 9.17) is 22.2 Å². The fourth-order valence-corrected chi connectivity index (χ4v) is 2.82. The summed E-state index contributed by atoms with van der Waals surface area (Å²) >= 11 is 6.22. The van der Waals surface area contributed by atoms with E-state index in [1.165, 1.54) is 0 Å². The van der Waals surface area contributed by atoms with Crippen molar-refractivity contribution < 1.29 is 4.74 Å². The Morgan fingerprint density at radius 1 is 1.45 bits per heavy atom. The van der Waals surface area contributed by atoms with Crippen LogP contribution < -0.4 is 11.3 Å². The summed E-state index contributed by atoms with van der Waals surface area (Å²) in [7, 11) is 0. The first-order valence-electron chi connectivity index (χ1n) is 7.17. The van der Waals surface area contributed by atoms with Gasteiger partial charge in [-0.05, 0) is 31.9 Å². The Labute approximate surface area is 126 Å². The van der Waals surface area contributed by atoms with E-state index in [1.54, 1.807) is 0 Å². The van der Waals surface area contributed by atoms with Crippen LogP contribution in [0.4, 0.5) is 0 Å². The molecule has 2 unspecified atom stereocenters. The number of hydrogen-bond acceptors (Lipinski definition) is 4. The first-order valence-corrected chi connectivity index (χ1v) is 7.54. The molecular formula is C15H24ClN3O. The lowest BCUT2D eigenvalue weighted by atomic mass is 10.00. The molecule has 5 heteroatoms. The van der Waals surface area contributed by atoms with Gasteiger partial charge in [-0.25, -0.2) is 0 Å². The van der Waals surface area contributed by atoms with Gasteiger partial charge < -0.3 is 4.74 Å². The summed E-state index contributed by atoms with van der Waals surface area (Å²) in [6, 6.07) is 8.48. The molecular weight excluding hydrogens is 274 g/mol. The molecule has 2 atom stereocenters. The molecule has 0 amide bonds. The van der Waals surface area contributed by atoms with Crippen LogP contribution >= 0.6 is 11.6 Å². The Morgan fingerprint density at radius 2 is 2.20 bits per heavy atom. The van der Waals surface area contributed by atoms with Gasteiger partial charge in [0, 0.05) is 24.2 Å². The molecule has 112 valence electrons. The molecule has 4 nitrogen and oxygen atoms in total. The molecule has 20 heavy (non-hydrogen) atoms. The summed E-state index contributed by atoms with van der Waals surface area (Å²) in [5, 5.41) is 0.782. The summed E-state index contributed by atoms with van der Waals surface area (Å²) in [6.07, 6.45) is 0.861. The molecule has 2 rings (SSSR count). The third kappa shape index (κ3) is 3.93. The van der Waals surface area contributed by atoms with Crippen molar-refractivity contribution in [2.24, 2.45) is 5.84 Å². The Bertz CT molecular complexity index is 427. The zero-order chi connectivity index (χ0) is 14.5. The Kier molecular flexibility index (Phi) is 5.81. The number of nitrogens with two attached hydrogens (primary N) is 1. The van der Waals surface area contributed by atoms with Gasteiger partial charge in [-0.3, -0.25) is 16.2 Å². The lowest BCUT2D eigenvalue weighted by Crippen LogP contribution is -2.56. The highest BCUT2D eigenvalue weighted by atomic mass is 35.5. The van der Waals surface area contributed by atoms with Crippen molar-refractivity contribution >= 4 is 11.6 Å². The monoisotopic (exact) mass is 297 g/mol. The van der Waals surface area contributed by atoms with Crippen molar-refractivity contribution in [1.82, 2.24) is 10.3 Å². The van der Waals surface area contributed by atoms with E-state index >= 15 is 0 Å². The molecule has 1 aliphatic heterocycles. The van der Waals surface area contributed by atoms with Gasteiger partial charge in [0.15, 0.2) is 0 Å². The maximum atomic E-state index is 6.22. The first-order chi connectivity index (χ1) is 9.61. The van der Waals surface area contributed by atoms with Crippen LogP contribution in [-0.2, 0) is 11.2 Å². The maximum absolute atomic E-state index is 6.22. The van der Waals surface area contributed by atoms with Gasteiger partial charge >= 0.3 is 0 Å². The number of halogens is 1. The fraction of sp³-hybridized carbons (Fsp3) is 0.600. The SMILES string of the molecule is CC(C)N1CCOC(C(Cc2ccccc2Cl)NN)C1. The molecule has 1 aromatic carbocycles. The average molecular weight is 298 g/mol. The number of hydrazine groups is 1. The van der Waals surface area contributed by atoms with Crippen molar-refractivity contribution in [3.05, 3.63) is 34.9 Å². The number of morpholine rings is 1. The molecule has 0 saturated carbocycles. The Balaban J connectivity index is 2.03. The van der Waals surface area contributed by atoms with Crippen molar-refractivity contribution in [3.63, 3.8) is 0 Å². The van der Waals surface area contributed by atoms with Crippen LogP contribution in [0.3, 0.4) is 0 Å². The second-order valence-corrected chi connectivity index (χ2v) is 5.97. The highest BCUT2D eigenvalue weighted by Gasteiger charge is 2.29. The molecule has 0 aliphatic carbocycles. The molecule has 1 fully saturated rings. The average Bonchev–Trinajstić information content (AvgIpc) is 2.46. The standard InChI is InChI=1S/C15H24ClN3O/c1-11(2)19-7-8-20-15(10-19)14(18-17)9-12-5-3-4-6-13(12)16/h3-6,11,14-15,18H,7-10,17H2,1-2H3. The zero-order valence-electron chi connectivity index (χ0n) is 12.2. The quantitative estimate of drug-likeness (QED) is 0.643. The van der Waals surface area contributed by atoms with Gasteiger partial charge in [-0.15, -0.1) is 0 Å². The van der Waals surface area contributed by atoms with E-state index in [-0.39, 0.29) is 12.1 Å². The predicted octanol–water partition coefficient (Wildman–Crippen LogP) is 1.82. The fourth-order valence-electron chi connectivity index (χ4n) is 2.61. The van der Waals surface area contributed by atoms with Gasteiger partial charge in [0.1, 0.15) is 0 Å². The molecule has 0 spiro atoms. The van der Waals surface area contributed by atoms with Gasteiger partial charge in [-0.1, -0.05) is 29.8 Å². The Hall–Kier alpha value is -0.650. The first kappa shape index (κ1) is 15.7. The second kappa shape index (κ2) is 7.38. The van der Waals surface area contributed by atoms with Gasteiger partial charge in [0.25, 0.3) is 0 Å². The number of nitrogens with zero attached hydrogens (tertiary/aromatic N) is 1. The summed E-state index contributed by atoms with van der Waals surface area (Å²) < 4.78 is 5.90. The number of benzene rings is 1. The van der Waals surface area contributed by atoms with E-state index in [0.717, 1.165) is 36.7 Å². The number of rotatable bonds is 5. The van der Waals surface area contributed by atoms with E-state index in [9.17, 15) is 0 Å².